The average Bonchev–Trinajstić information content (AvgIpc) is 2.34. The Hall–Kier alpha value is -1.58. The van der Waals surface area contributed by atoms with Gasteiger partial charge in [0, 0.05) is 11.6 Å². The predicted octanol–water partition coefficient (Wildman–Crippen LogP) is 4.29. The van der Waals surface area contributed by atoms with Crippen LogP contribution in [0.5, 0.6) is 11.5 Å². The third-order valence-electron chi connectivity index (χ3n) is 2.52. The van der Waals surface area contributed by atoms with E-state index in [9.17, 15) is 4.39 Å². The van der Waals surface area contributed by atoms with Crippen LogP contribution in [-0.2, 0) is 0 Å². The number of para-hydroxylation sites is 1. The van der Waals surface area contributed by atoms with Crippen LogP contribution in [0.2, 0.25) is 5.02 Å². The fourth-order valence-electron chi connectivity index (χ4n) is 1.61. The first-order chi connectivity index (χ1) is 8.58. The number of benzene rings is 2. The first-order valence-electron chi connectivity index (χ1n) is 5.55. The zero-order valence-electron chi connectivity index (χ0n) is 9.86. The van der Waals surface area contributed by atoms with Crippen molar-refractivity contribution in [1.82, 2.24) is 0 Å². The Labute approximate surface area is 110 Å². The first kappa shape index (κ1) is 12.9. The van der Waals surface area contributed by atoms with Crippen molar-refractivity contribution in [2.75, 3.05) is 0 Å². The maximum absolute atomic E-state index is 13.2. The molecule has 94 valence electrons. The van der Waals surface area contributed by atoms with Gasteiger partial charge in [0.25, 0.3) is 0 Å². The molecular formula is C14H13ClFNO. The van der Waals surface area contributed by atoms with E-state index >= 15 is 0 Å². The largest absolute Gasteiger partial charge is 0.455 e. The molecule has 0 aliphatic heterocycles. The number of rotatable bonds is 3. The summed E-state index contributed by atoms with van der Waals surface area (Å²) in [5.74, 6) is 0.695. The second-order valence-electron chi connectivity index (χ2n) is 4.00. The van der Waals surface area contributed by atoms with E-state index in [4.69, 9.17) is 22.1 Å². The number of hydrogen-bond donors (Lipinski definition) is 1. The van der Waals surface area contributed by atoms with Crippen molar-refractivity contribution in [3.8, 4) is 11.5 Å². The van der Waals surface area contributed by atoms with E-state index in [1.807, 2.05) is 12.1 Å². The molecule has 0 spiro atoms. The zero-order chi connectivity index (χ0) is 13.1. The van der Waals surface area contributed by atoms with Crippen molar-refractivity contribution in [2.24, 2.45) is 5.73 Å². The highest BCUT2D eigenvalue weighted by atomic mass is 35.5. The van der Waals surface area contributed by atoms with Crippen molar-refractivity contribution in [3.05, 3.63) is 58.9 Å². The Balaban J connectivity index is 2.37. The molecule has 0 radical (unpaired) electrons. The minimum absolute atomic E-state index is 0.321. The highest BCUT2D eigenvalue weighted by Gasteiger charge is 2.11. The summed E-state index contributed by atoms with van der Waals surface area (Å²) in [6.07, 6.45) is 0. The molecule has 0 saturated heterocycles. The molecule has 0 bridgehead atoms. The number of nitrogens with two attached hydrogens (primary N) is 1. The Kier molecular flexibility index (Phi) is 3.84. The molecular weight excluding hydrogens is 253 g/mol. The monoisotopic (exact) mass is 265 g/mol. The predicted molar refractivity (Wildman–Crippen MR) is 70.5 cm³/mol. The lowest BCUT2D eigenvalue weighted by Crippen LogP contribution is -2.07. The van der Waals surface area contributed by atoms with Crippen LogP contribution in [0.1, 0.15) is 18.5 Å². The Morgan fingerprint density at radius 3 is 2.56 bits per heavy atom. The van der Waals surface area contributed by atoms with E-state index in [0.29, 0.717) is 22.1 Å². The molecule has 2 rings (SSSR count). The van der Waals surface area contributed by atoms with Gasteiger partial charge in [-0.05, 0) is 37.3 Å². The van der Waals surface area contributed by atoms with Crippen LogP contribution in [0.3, 0.4) is 0 Å². The van der Waals surface area contributed by atoms with Gasteiger partial charge in [-0.2, -0.15) is 0 Å². The molecule has 0 amide bonds. The van der Waals surface area contributed by atoms with Gasteiger partial charge in [0.1, 0.15) is 17.3 Å². The summed E-state index contributed by atoms with van der Waals surface area (Å²) in [6.45, 7) is 1.77. The van der Waals surface area contributed by atoms with Crippen molar-refractivity contribution < 1.29 is 9.13 Å². The quantitative estimate of drug-likeness (QED) is 0.898. The van der Waals surface area contributed by atoms with Crippen LogP contribution in [0, 0.1) is 5.82 Å². The summed E-state index contributed by atoms with van der Waals surface area (Å²) in [6, 6.07) is 11.0. The molecule has 0 aliphatic rings. The standard InChI is InChI=1S/C14H13ClFNO/c1-9(17)11-8-10(16)6-7-13(11)18-14-5-3-2-4-12(14)15/h2-9H,17H2,1H3. The van der Waals surface area contributed by atoms with E-state index < -0.39 is 0 Å². The van der Waals surface area contributed by atoms with Crippen molar-refractivity contribution in [2.45, 2.75) is 13.0 Å². The minimum atomic E-state index is -0.339. The first-order valence-corrected chi connectivity index (χ1v) is 5.93. The average molecular weight is 266 g/mol. The van der Waals surface area contributed by atoms with E-state index in [1.165, 1.54) is 12.1 Å². The maximum Gasteiger partial charge on any atom is 0.146 e. The highest BCUT2D eigenvalue weighted by molar-refractivity contribution is 6.32. The lowest BCUT2D eigenvalue weighted by atomic mass is 10.1. The van der Waals surface area contributed by atoms with Crippen LogP contribution < -0.4 is 10.5 Å². The second kappa shape index (κ2) is 5.38. The van der Waals surface area contributed by atoms with E-state index in [-0.39, 0.29) is 11.9 Å². The Morgan fingerprint density at radius 1 is 1.17 bits per heavy atom. The van der Waals surface area contributed by atoms with Crippen molar-refractivity contribution >= 4 is 11.6 Å². The molecule has 0 heterocycles. The molecule has 2 nitrogen and oxygen atoms in total. The van der Waals surface area contributed by atoms with Gasteiger partial charge in [-0.25, -0.2) is 4.39 Å². The van der Waals surface area contributed by atoms with Gasteiger partial charge in [0.05, 0.1) is 5.02 Å². The summed E-state index contributed by atoms with van der Waals surface area (Å²) < 4.78 is 18.9. The number of hydrogen-bond acceptors (Lipinski definition) is 2. The third kappa shape index (κ3) is 2.81. The van der Waals surface area contributed by atoms with Crippen LogP contribution in [0.4, 0.5) is 4.39 Å². The molecule has 0 fully saturated rings. The van der Waals surface area contributed by atoms with Crippen molar-refractivity contribution in [3.63, 3.8) is 0 Å². The van der Waals surface area contributed by atoms with Crippen LogP contribution >= 0.6 is 11.6 Å². The molecule has 1 atom stereocenters. The molecule has 1 unspecified atom stereocenters. The molecule has 2 N–H and O–H groups in total. The summed E-state index contributed by atoms with van der Waals surface area (Å²) >= 11 is 6.01. The number of halogens is 2. The van der Waals surface area contributed by atoms with Gasteiger partial charge in [0.2, 0.25) is 0 Å². The normalized spacial score (nSPS) is 12.2. The summed E-state index contributed by atoms with van der Waals surface area (Å²) in [4.78, 5) is 0. The number of ether oxygens (including phenoxy) is 1. The van der Waals surface area contributed by atoms with E-state index in [0.717, 1.165) is 0 Å². The summed E-state index contributed by atoms with van der Waals surface area (Å²) in [7, 11) is 0. The maximum atomic E-state index is 13.2. The molecule has 0 saturated carbocycles. The smallest absolute Gasteiger partial charge is 0.146 e. The summed E-state index contributed by atoms with van der Waals surface area (Å²) in [5.41, 5.74) is 6.40. The lowest BCUT2D eigenvalue weighted by molar-refractivity contribution is 0.469. The fraction of sp³-hybridized carbons (Fsp3) is 0.143. The Morgan fingerprint density at radius 2 is 1.89 bits per heavy atom. The van der Waals surface area contributed by atoms with Crippen LogP contribution in [-0.4, -0.2) is 0 Å². The fourth-order valence-corrected chi connectivity index (χ4v) is 1.79. The van der Waals surface area contributed by atoms with E-state index in [2.05, 4.69) is 0 Å². The zero-order valence-corrected chi connectivity index (χ0v) is 10.6. The van der Waals surface area contributed by atoms with Gasteiger partial charge in [-0.3, -0.25) is 0 Å². The molecule has 18 heavy (non-hydrogen) atoms. The van der Waals surface area contributed by atoms with Crippen LogP contribution in [0.25, 0.3) is 0 Å². The Bertz CT molecular complexity index is 557. The van der Waals surface area contributed by atoms with E-state index in [1.54, 1.807) is 25.1 Å². The molecule has 2 aromatic rings. The van der Waals surface area contributed by atoms with Crippen LogP contribution in [0.15, 0.2) is 42.5 Å². The second-order valence-corrected chi connectivity index (χ2v) is 4.41. The lowest BCUT2D eigenvalue weighted by Gasteiger charge is -2.14. The SMILES string of the molecule is CC(N)c1cc(F)ccc1Oc1ccccc1Cl. The minimum Gasteiger partial charge on any atom is -0.455 e. The summed E-state index contributed by atoms with van der Waals surface area (Å²) in [5, 5.41) is 0.498. The third-order valence-corrected chi connectivity index (χ3v) is 2.83. The molecule has 2 aromatic carbocycles. The molecule has 0 aromatic heterocycles. The van der Waals surface area contributed by atoms with Gasteiger partial charge in [-0.15, -0.1) is 0 Å². The van der Waals surface area contributed by atoms with Gasteiger partial charge in [-0.1, -0.05) is 23.7 Å². The van der Waals surface area contributed by atoms with Gasteiger partial charge >= 0.3 is 0 Å². The molecule has 4 heteroatoms. The van der Waals surface area contributed by atoms with Crippen molar-refractivity contribution in [1.29, 1.82) is 0 Å². The van der Waals surface area contributed by atoms with Gasteiger partial charge < -0.3 is 10.5 Å². The topological polar surface area (TPSA) is 35.2 Å². The van der Waals surface area contributed by atoms with Gasteiger partial charge in [0.15, 0.2) is 0 Å². The molecule has 0 aliphatic carbocycles. The highest BCUT2D eigenvalue weighted by Crippen LogP contribution is 2.33.